The van der Waals surface area contributed by atoms with Crippen LogP contribution in [0, 0.1) is 0 Å². The van der Waals surface area contributed by atoms with E-state index in [1.807, 2.05) is 4.90 Å². The molecule has 0 aromatic carbocycles. The van der Waals surface area contributed by atoms with Crippen LogP contribution < -0.4 is 0 Å². The van der Waals surface area contributed by atoms with E-state index in [1.165, 1.54) is 0 Å². The van der Waals surface area contributed by atoms with E-state index < -0.39 is 0 Å². The average Bonchev–Trinajstić information content (AvgIpc) is 2.40. The summed E-state index contributed by atoms with van der Waals surface area (Å²) in [6, 6.07) is 0.549. The molecule has 1 fully saturated rings. The van der Waals surface area contributed by atoms with E-state index in [0.717, 1.165) is 19.6 Å². The molecule has 0 aromatic heterocycles. The Kier molecular flexibility index (Phi) is 4.38. The van der Waals surface area contributed by atoms with Crippen molar-refractivity contribution in [2.75, 3.05) is 26.7 Å². The van der Waals surface area contributed by atoms with Crippen LogP contribution in [0.3, 0.4) is 0 Å². The van der Waals surface area contributed by atoms with Crippen molar-refractivity contribution in [3.8, 4) is 0 Å². The molecule has 0 bridgehead atoms. The van der Waals surface area contributed by atoms with Crippen LogP contribution in [-0.2, 0) is 4.79 Å². The second-order valence-electron chi connectivity index (χ2n) is 4.22. The van der Waals surface area contributed by atoms with Gasteiger partial charge in [0, 0.05) is 36.9 Å². The molecule has 3 nitrogen and oxygen atoms in total. The third kappa shape index (κ3) is 3.24. The molecular weight excluding hydrogens is 244 g/mol. The maximum atomic E-state index is 11.4. The van der Waals surface area contributed by atoms with Crippen molar-refractivity contribution in [2.45, 2.75) is 31.1 Å². The fourth-order valence-corrected chi connectivity index (χ4v) is 2.10. The van der Waals surface area contributed by atoms with Gasteiger partial charge in [-0.15, -0.1) is 0 Å². The first-order chi connectivity index (χ1) is 6.50. The number of carbonyl (C=O) groups is 1. The van der Waals surface area contributed by atoms with Crippen LogP contribution in [0.2, 0.25) is 0 Å². The zero-order valence-corrected chi connectivity index (χ0v) is 10.7. The number of likely N-dealkylation sites (tertiary alicyclic amines) is 1. The fraction of sp³-hybridized carbons (Fsp3) is 0.900. The summed E-state index contributed by atoms with van der Waals surface area (Å²) in [6.07, 6.45) is 0.658. The zero-order chi connectivity index (χ0) is 10.7. The third-order valence-corrected chi connectivity index (χ3v) is 3.38. The fourth-order valence-electron chi connectivity index (χ4n) is 1.48. The molecule has 1 rings (SSSR count). The van der Waals surface area contributed by atoms with Crippen LogP contribution in [0.5, 0.6) is 0 Å². The highest BCUT2D eigenvalue weighted by Crippen LogP contribution is 2.17. The molecule has 1 atom stereocenters. The quantitative estimate of drug-likeness (QED) is 0.714. The molecule has 0 saturated carbocycles. The van der Waals surface area contributed by atoms with Gasteiger partial charge in [-0.1, -0.05) is 15.9 Å². The molecule has 0 aliphatic carbocycles. The highest BCUT2D eigenvalue weighted by molar-refractivity contribution is 9.09. The van der Waals surface area contributed by atoms with Crippen LogP contribution >= 0.6 is 15.9 Å². The Balaban J connectivity index is 2.28. The summed E-state index contributed by atoms with van der Waals surface area (Å²) >= 11 is 3.48. The Hall–Kier alpha value is -0.0900. The van der Waals surface area contributed by atoms with E-state index in [4.69, 9.17) is 0 Å². The lowest BCUT2D eigenvalue weighted by Crippen LogP contribution is -2.37. The predicted octanol–water partition coefficient (Wildman–Crippen LogP) is 1.32. The lowest BCUT2D eigenvalue weighted by atomic mass is 10.3. The normalized spacial score (nSPS) is 22.9. The minimum absolute atomic E-state index is 0.282. The van der Waals surface area contributed by atoms with Crippen molar-refractivity contribution in [2.24, 2.45) is 0 Å². The Bertz CT molecular complexity index is 208. The Morgan fingerprint density at radius 1 is 1.64 bits per heavy atom. The number of rotatable bonds is 4. The van der Waals surface area contributed by atoms with Crippen molar-refractivity contribution >= 4 is 21.8 Å². The van der Waals surface area contributed by atoms with Crippen molar-refractivity contribution < 1.29 is 4.79 Å². The SMILES string of the molecule is CC(C)N(C)CCN1CC(Br)CC1=O. The maximum absolute atomic E-state index is 11.4. The summed E-state index contributed by atoms with van der Waals surface area (Å²) in [5, 5.41) is 0. The van der Waals surface area contributed by atoms with Crippen LogP contribution in [0.1, 0.15) is 20.3 Å². The first-order valence-electron chi connectivity index (χ1n) is 5.12. The van der Waals surface area contributed by atoms with Gasteiger partial charge in [0.1, 0.15) is 0 Å². The summed E-state index contributed by atoms with van der Waals surface area (Å²) in [4.78, 5) is 16.0. The minimum Gasteiger partial charge on any atom is -0.340 e. The number of likely N-dealkylation sites (N-methyl/N-ethyl adjacent to an activating group) is 1. The largest absolute Gasteiger partial charge is 0.340 e. The number of hydrogen-bond acceptors (Lipinski definition) is 2. The molecule has 4 heteroatoms. The average molecular weight is 263 g/mol. The Labute approximate surface area is 94.6 Å². The van der Waals surface area contributed by atoms with Crippen LogP contribution in [0.25, 0.3) is 0 Å². The van der Waals surface area contributed by atoms with Crippen molar-refractivity contribution in [3.05, 3.63) is 0 Å². The van der Waals surface area contributed by atoms with Gasteiger partial charge < -0.3 is 9.80 Å². The molecule has 0 N–H and O–H groups in total. The summed E-state index contributed by atoms with van der Waals surface area (Å²) in [5.41, 5.74) is 0. The van der Waals surface area contributed by atoms with Gasteiger partial charge in [0.05, 0.1) is 0 Å². The highest BCUT2D eigenvalue weighted by Gasteiger charge is 2.27. The number of nitrogens with zero attached hydrogens (tertiary/aromatic N) is 2. The molecule has 0 aromatic rings. The van der Waals surface area contributed by atoms with E-state index in [9.17, 15) is 4.79 Å². The minimum atomic E-state index is 0.282. The van der Waals surface area contributed by atoms with Gasteiger partial charge in [0.25, 0.3) is 0 Å². The highest BCUT2D eigenvalue weighted by atomic mass is 79.9. The van der Waals surface area contributed by atoms with Crippen LogP contribution in [-0.4, -0.2) is 53.3 Å². The molecule has 1 amide bonds. The second kappa shape index (κ2) is 5.12. The zero-order valence-electron chi connectivity index (χ0n) is 9.16. The summed E-state index contributed by atoms with van der Waals surface area (Å²) in [6.45, 7) is 7.02. The smallest absolute Gasteiger partial charge is 0.223 e. The summed E-state index contributed by atoms with van der Waals surface area (Å²) < 4.78 is 0. The van der Waals surface area contributed by atoms with Crippen molar-refractivity contribution in [1.82, 2.24) is 9.80 Å². The molecular formula is C10H19BrN2O. The predicted molar refractivity (Wildman–Crippen MR) is 61.7 cm³/mol. The number of alkyl halides is 1. The lowest BCUT2D eigenvalue weighted by Gasteiger charge is -2.24. The lowest BCUT2D eigenvalue weighted by molar-refractivity contribution is -0.127. The Morgan fingerprint density at radius 2 is 2.29 bits per heavy atom. The van der Waals surface area contributed by atoms with E-state index >= 15 is 0 Å². The standard InChI is InChI=1S/C10H19BrN2O/c1-8(2)12(3)4-5-13-7-9(11)6-10(13)14/h8-9H,4-7H2,1-3H3. The van der Waals surface area contributed by atoms with E-state index in [-0.39, 0.29) is 5.91 Å². The van der Waals surface area contributed by atoms with E-state index in [1.54, 1.807) is 0 Å². The number of amides is 1. The number of hydrogen-bond donors (Lipinski definition) is 0. The van der Waals surface area contributed by atoms with Crippen LogP contribution in [0.15, 0.2) is 0 Å². The summed E-state index contributed by atoms with van der Waals surface area (Å²) in [5.74, 6) is 0.282. The van der Waals surface area contributed by atoms with Crippen molar-refractivity contribution in [3.63, 3.8) is 0 Å². The molecule has 1 unspecified atom stereocenters. The molecule has 1 saturated heterocycles. The van der Waals surface area contributed by atoms with Gasteiger partial charge in [-0.2, -0.15) is 0 Å². The van der Waals surface area contributed by atoms with E-state index in [2.05, 4.69) is 41.7 Å². The molecule has 1 heterocycles. The molecule has 1 aliphatic heterocycles. The maximum Gasteiger partial charge on any atom is 0.223 e. The number of carbonyl (C=O) groups excluding carboxylic acids is 1. The molecule has 0 radical (unpaired) electrons. The Morgan fingerprint density at radius 3 is 2.71 bits per heavy atom. The van der Waals surface area contributed by atoms with Gasteiger partial charge >= 0.3 is 0 Å². The van der Waals surface area contributed by atoms with Gasteiger partial charge in [-0.25, -0.2) is 0 Å². The second-order valence-corrected chi connectivity index (χ2v) is 5.51. The third-order valence-electron chi connectivity index (χ3n) is 2.77. The monoisotopic (exact) mass is 262 g/mol. The topological polar surface area (TPSA) is 23.6 Å². The molecule has 82 valence electrons. The van der Waals surface area contributed by atoms with Crippen molar-refractivity contribution in [1.29, 1.82) is 0 Å². The first-order valence-corrected chi connectivity index (χ1v) is 6.04. The van der Waals surface area contributed by atoms with E-state index in [0.29, 0.717) is 17.3 Å². The molecule has 0 spiro atoms. The first kappa shape index (κ1) is 12.0. The van der Waals surface area contributed by atoms with Crippen LogP contribution in [0.4, 0.5) is 0 Å². The molecule has 14 heavy (non-hydrogen) atoms. The van der Waals surface area contributed by atoms with Gasteiger partial charge in [0.2, 0.25) is 5.91 Å². The van der Waals surface area contributed by atoms with Gasteiger partial charge in [-0.05, 0) is 20.9 Å². The van der Waals surface area contributed by atoms with Gasteiger partial charge in [-0.3, -0.25) is 4.79 Å². The molecule has 1 aliphatic rings. The number of halogens is 1. The summed E-state index contributed by atoms with van der Waals surface area (Å²) in [7, 11) is 2.09. The van der Waals surface area contributed by atoms with Gasteiger partial charge in [0.15, 0.2) is 0 Å².